The fourth-order valence-corrected chi connectivity index (χ4v) is 5.25. The predicted octanol–water partition coefficient (Wildman–Crippen LogP) is 6.29. The first kappa shape index (κ1) is 27.8. The Morgan fingerprint density at radius 3 is 1.63 bits per heavy atom. The highest BCUT2D eigenvalue weighted by atomic mass is 15.3. The zero-order valence-corrected chi connectivity index (χ0v) is 25.5. The highest BCUT2D eigenvalue weighted by molar-refractivity contribution is 5.98. The summed E-state index contributed by atoms with van der Waals surface area (Å²) >= 11 is 0. The quantitative estimate of drug-likeness (QED) is 0.236. The van der Waals surface area contributed by atoms with Crippen LogP contribution in [-0.4, -0.2) is 65.1 Å². The van der Waals surface area contributed by atoms with Gasteiger partial charge in [-0.05, 0) is 74.5 Å². The molecule has 2 aromatic carbocycles. The van der Waals surface area contributed by atoms with E-state index in [0.29, 0.717) is 17.7 Å². The Bertz CT molecular complexity index is 1860. The van der Waals surface area contributed by atoms with E-state index in [2.05, 4.69) is 78.5 Å². The lowest BCUT2D eigenvalue weighted by atomic mass is 10.1. The summed E-state index contributed by atoms with van der Waals surface area (Å²) < 4.78 is 0. The summed E-state index contributed by atoms with van der Waals surface area (Å²) in [6, 6.07) is 20.5. The van der Waals surface area contributed by atoms with E-state index in [-0.39, 0.29) is 0 Å². The molecule has 0 bridgehead atoms. The Hall–Kier alpha value is -5.38. The summed E-state index contributed by atoms with van der Waals surface area (Å²) in [5.74, 6) is 1.48. The molecule has 0 saturated heterocycles. The van der Waals surface area contributed by atoms with Crippen LogP contribution in [0.4, 0.5) is 34.6 Å². The Balaban J connectivity index is 1.64. The van der Waals surface area contributed by atoms with Crippen molar-refractivity contribution in [2.24, 2.45) is 0 Å². The highest BCUT2D eigenvalue weighted by Gasteiger charge is 2.21. The molecular weight excluding hydrogens is 536 g/mol. The summed E-state index contributed by atoms with van der Waals surface area (Å²) in [6.07, 6.45) is 3.47. The minimum Gasteiger partial charge on any atom is -0.377 e. The number of fused-ring (bicyclic) bond motifs is 2. The van der Waals surface area contributed by atoms with E-state index in [1.807, 2.05) is 54.2 Å². The van der Waals surface area contributed by atoms with Gasteiger partial charge in [0, 0.05) is 98.1 Å². The highest BCUT2D eigenvalue weighted by Crippen LogP contribution is 2.39. The second-order valence-corrected chi connectivity index (χ2v) is 10.9. The van der Waals surface area contributed by atoms with Crippen LogP contribution in [0.2, 0.25) is 0 Å². The third kappa shape index (κ3) is 5.34. The van der Waals surface area contributed by atoms with E-state index >= 15 is 0 Å². The molecule has 0 saturated carbocycles. The number of nitrogens with zero attached hydrogens (tertiary/aromatic N) is 9. The van der Waals surface area contributed by atoms with Crippen LogP contribution in [-0.2, 0) is 0 Å². The molecule has 216 valence electrons. The first-order valence-corrected chi connectivity index (χ1v) is 14.0. The molecule has 10 nitrogen and oxygen atoms in total. The van der Waals surface area contributed by atoms with E-state index in [9.17, 15) is 0 Å². The van der Waals surface area contributed by atoms with Crippen molar-refractivity contribution < 1.29 is 0 Å². The van der Waals surface area contributed by atoms with Crippen LogP contribution in [0.1, 0.15) is 11.4 Å². The van der Waals surface area contributed by atoms with E-state index in [4.69, 9.17) is 19.9 Å². The van der Waals surface area contributed by atoms with Crippen molar-refractivity contribution in [3.8, 4) is 11.4 Å². The van der Waals surface area contributed by atoms with Crippen molar-refractivity contribution in [2.75, 3.05) is 55.3 Å². The summed E-state index contributed by atoms with van der Waals surface area (Å²) in [6.45, 7) is 4.04. The topological polar surface area (TPSA) is 99.1 Å². The Morgan fingerprint density at radius 1 is 0.605 bits per heavy atom. The standard InChI is InChI=1S/C33H34N10/c1-20-16-29(41(4)5)25-18-23(8-10-27(25)36-20)43(24-9-11-28-26(19-24)30(42(6)7)17-21(2)37-28)33-39-31(38-32(34-3)40-33)22-12-14-35-15-13-22/h8-19H,1-7H3,(H,34,38,39,40). The average Bonchev–Trinajstić information content (AvgIpc) is 3.00. The van der Waals surface area contributed by atoms with Crippen LogP contribution in [0.3, 0.4) is 0 Å². The van der Waals surface area contributed by atoms with Crippen molar-refractivity contribution in [3.05, 3.63) is 84.4 Å². The smallest absolute Gasteiger partial charge is 0.239 e. The molecular formula is C33H34N10. The lowest BCUT2D eigenvalue weighted by molar-refractivity contribution is 1.01. The normalized spacial score (nSPS) is 11.1. The minimum atomic E-state index is 0.459. The SMILES string of the molecule is CNc1nc(-c2ccncc2)nc(N(c2ccc3nc(C)cc(N(C)C)c3c2)c2ccc3nc(C)cc(N(C)C)c3c2)n1. The van der Waals surface area contributed by atoms with Gasteiger partial charge in [-0.1, -0.05) is 0 Å². The monoisotopic (exact) mass is 570 g/mol. The third-order valence-electron chi connectivity index (χ3n) is 7.26. The van der Waals surface area contributed by atoms with Crippen LogP contribution in [0.25, 0.3) is 33.2 Å². The van der Waals surface area contributed by atoms with Gasteiger partial charge >= 0.3 is 0 Å². The zero-order chi connectivity index (χ0) is 30.2. The van der Waals surface area contributed by atoms with Crippen LogP contribution in [0, 0.1) is 13.8 Å². The average molecular weight is 571 g/mol. The number of rotatable bonds is 7. The lowest BCUT2D eigenvalue weighted by Gasteiger charge is -2.26. The number of anilines is 6. The first-order valence-electron chi connectivity index (χ1n) is 14.0. The lowest BCUT2D eigenvalue weighted by Crippen LogP contribution is -2.16. The van der Waals surface area contributed by atoms with Crippen molar-refractivity contribution in [1.29, 1.82) is 0 Å². The van der Waals surface area contributed by atoms with Crippen LogP contribution < -0.4 is 20.0 Å². The van der Waals surface area contributed by atoms with Crippen molar-refractivity contribution in [1.82, 2.24) is 29.9 Å². The van der Waals surface area contributed by atoms with E-state index in [1.165, 1.54) is 0 Å². The second kappa shape index (κ2) is 11.1. The van der Waals surface area contributed by atoms with Crippen LogP contribution >= 0.6 is 0 Å². The largest absolute Gasteiger partial charge is 0.377 e. The van der Waals surface area contributed by atoms with Gasteiger partial charge in [0.15, 0.2) is 5.82 Å². The molecule has 1 N–H and O–H groups in total. The van der Waals surface area contributed by atoms with Gasteiger partial charge in [-0.2, -0.15) is 15.0 Å². The van der Waals surface area contributed by atoms with Gasteiger partial charge in [-0.25, -0.2) is 0 Å². The fraction of sp³-hybridized carbons (Fsp3) is 0.212. The molecule has 43 heavy (non-hydrogen) atoms. The molecule has 6 rings (SSSR count). The van der Waals surface area contributed by atoms with Crippen molar-refractivity contribution in [2.45, 2.75) is 13.8 Å². The zero-order valence-electron chi connectivity index (χ0n) is 25.5. The van der Waals surface area contributed by atoms with Gasteiger partial charge in [0.05, 0.1) is 11.0 Å². The fourth-order valence-electron chi connectivity index (χ4n) is 5.25. The number of nitrogens with one attached hydrogen (secondary N) is 1. The number of hydrogen-bond donors (Lipinski definition) is 1. The van der Waals surface area contributed by atoms with Gasteiger partial charge in [-0.15, -0.1) is 0 Å². The van der Waals surface area contributed by atoms with Gasteiger partial charge in [0.1, 0.15) is 0 Å². The molecule has 0 fully saturated rings. The maximum atomic E-state index is 4.99. The van der Waals surface area contributed by atoms with Crippen LogP contribution in [0.15, 0.2) is 73.1 Å². The maximum Gasteiger partial charge on any atom is 0.239 e. The van der Waals surface area contributed by atoms with Gasteiger partial charge < -0.3 is 15.1 Å². The minimum absolute atomic E-state index is 0.459. The summed E-state index contributed by atoms with van der Waals surface area (Å²) in [7, 11) is 10.00. The Morgan fingerprint density at radius 2 is 1.14 bits per heavy atom. The molecule has 0 radical (unpaired) electrons. The number of aromatic nitrogens is 6. The molecule has 4 aromatic heterocycles. The summed E-state index contributed by atoms with van der Waals surface area (Å²) in [5.41, 5.74) is 8.56. The predicted molar refractivity (Wildman–Crippen MR) is 176 cm³/mol. The third-order valence-corrected chi connectivity index (χ3v) is 7.26. The van der Waals surface area contributed by atoms with Gasteiger partial charge in [0.25, 0.3) is 0 Å². The summed E-state index contributed by atoms with van der Waals surface area (Å²) in [4.78, 5) is 34.6. The molecule has 0 spiro atoms. The molecule has 0 amide bonds. The van der Waals surface area contributed by atoms with E-state index in [1.54, 1.807) is 19.4 Å². The molecule has 10 heteroatoms. The maximum absolute atomic E-state index is 4.99. The second-order valence-electron chi connectivity index (χ2n) is 10.9. The molecule has 0 aliphatic carbocycles. The van der Waals surface area contributed by atoms with Crippen molar-refractivity contribution in [3.63, 3.8) is 0 Å². The first-order chi connectivity index (χ1) is 20.7. The molecule has 0 unspecified atom stereocenters. The number of hydrogen-bond acceptors (Lipinski definition) is 10. The van der Waals surface area contributed by atoms with Crippen LogP contribution in [0.5, 0.6) is 0 Å². The molecule has 4 heterocycles. The van der Waals surface area contributed by atoms with E-state index < -0.39 is 0 Å². The molecule has 0 aliphatic rings. The molecule has 0 atom stereocenters. The van der Waals surface area contributed by atoms with E-state index in [0.717, 1.165) is 61.5 Å². The van der Waals surface area contributed by atoms with Gasteiger partial charge in [0.2, 0.25) is 11.9 Å². The molecule has 0 aliphatic heterocycles. The number of pyridine rings is 3. The number of aryl methyl sites for hydroxylation is 2. The Labute approximate surface area is 251 Å². The van der Waals surface area contributed by atoms with Crippen molar-refractivity contribution >= 4 is 56.5 Å². The van der Waals surface area contributed by atoms with Gasteiger partial charge in [-0.3, -0.25) is 19.9 Å². The summed E-state index contributed by atoms with van der Waals surface area (Å²) in [5, 5.41) is 5.18. The molecule has 6 aromatic rings. The Kier molecular flexibility index (Phi) is 7.19. The number of benzene rings is 2.